The van der Waals surface area contributed by atoms with Gasteiger partial charge < -0.3 is 0 Å². The first kappa shape index (κ1) is 10.1. The van der Waals surface area contributed by atoms with Crippen molar-refractivity contribution >= 4 is 11.6 Å². The number of hydrogen-bond donors (Lipinski definition) is 0. The van der Waals surface area contributed by atoms with Crippen molar-refractivity contribution in [1.82, 2.24) is 19.7 Å². The Morgan fingerprint density at radius 3 is 2.40 bits per heavy atom. The zero-order chi connectivity index (χ0) is 11.0. The van der Waals surface area contributed by atoms with Crippen molar-refractivity contribution in [3.05, 3.63) is 28.9 Å². The van der Waals surface area contributed by atoms with Gasteiger partial charge in [0, 0.05) is 30.7 Å². The van der Waals surface area contributed by atoms with Crippen molar-refractivity contribution in [3.63, 3.8) is 0 Å². The minimum atomic E-state index is 0.414. The summed E-state index contributed by atoms with van der Waals surface area (Å²) in [5.74, 6) is 0. The fourth-order valence-electron chi connectivity index (χ4n) is 1.61. The Balaban J connectivity index is 2.69. The van der Waals surface area contributed by atoms with Gasteiger partial charge in [-0.05, 0) is 13.8 Å². The van der Waals surface area contributed by atoms with E-state index in [4.69, 9.17) is 11.6 Å². The second-order valence-corrected chi connectivity index (χ2v) is 3.72. The van der Waals surface area contributed by atoms with E-state index >= 15 is 0 Å². The molecule has 0 unspecified atom stereocenters. The zero-order valence-electron chi connectivity index (χ0n) is 8.82. The lowest BCUT2D eigenvalue weighted by atomic mass is 10.1. The van der Waals surface area contributed by atoms with Gasteiger partial charge in [0.05, 0.1) is 5.69 Å². The van der Waals surface area contributed by atoms with Crippen LogP contribution >= 0.6 is 11.6 Å². The molecule has 0 saturated carbocycles. The summed E-state index contributed by atoms with van der Waals surface area (Å²) in [6, 6.07) is 0. The Kier molecular flexibility index (Phi) is 2.44. The molecule has 0 aliphatic carbocycles. The Hall–Kier alpha value is -1.42. The molecular formula is C10H11ClN4. The average Bonchev–Trinajstić information content (AvgIpc) is 2.43. The first-order valence-corrected chi connectivity index (χ1v) is 4.96. The summed E-state index contributed by atoms with van der Waals surface area (Å²) in [5, 5.41) is 4.73. The van der Waals surface area contributed by atoms with Crippen LogP contribution in [-0.2, 0) is 7.05 Å². The second-order valence-electron chi connectivity index (χ2n) is 3.37. The van der Waals surface area contributed by atoms with Gasteiger partial charge in [-0.2, -0.15) is 5.10 Å². The van der Waals surface area contributed by atoms with E-state index in [1.54, 1.807) is 12.4 Å². The Morgan fingerprint density at radius 1 is 1.20 bits per heavy atom. The topological polar surface area (TPSA) is 43.6 Å². The highest BCUT2D eigenvalue weighted by molar-refractivity contribution is 6.31. The Morgan fingerprint density at radius 2 is 1.87 bits per heavy atom. The van der Waals surface area contributed by atoms with Crippen LogP contribution in [0.25, 0.3) is 11.3 Å². The van der Waals surface area contributed by atoms with E-state index in [0.29, 0.717) is 10.8 Å². The van der Waals surface area contributed by atoms with Crippen LogP contribution in [-0.4, -0.2) is 19.7 Å². The molecule has 2 aromatic rings. The second kappa shape index (κ2) is 3.62. The minimum Gasteiger partial charge on any atom is -0.272 e. The summed E-state index contributed by atoms with van der Waals surface area (Å²) < 4.78 is 1.82. The predicted octanol–water partition coefficient (Wildman–Crippen LogP) is 2.15. The van der Waals surface area contributed by atoms with Gasteiger partial charge in [0.2, 0.25) is 0 Å². The molecule has 2 heterocycles. The van der Waals surface area contributed by atoms with Crippen LogP contribution in [0, 0.1) is 13.8 Å². The predicted molar refractivity (Wildman–Crippen MR) is 58.7 cm³/mol. The number of aryl methyl sites for hydroxylation is 2. The minimum absolute atomic E-state index is 0.414. The standard InChI is InChI=1S/C10H11ClN4/c1-6-8(7(2)15(3)14-6)9-10(11)13-5-4-12-9/h4-5H,1-3H3. The lowest BCUT2D eigenvalue weighted by Gasteiger charge is -2.02. The van der Waals surface area contributed by atoms with E-state index in [0.717, 1.165) is 17.0 Å². The van der Waals surface area contributed by atoms with E-state index in [-0.39, 0.29) is 0 Å². The van der Waals surface area contributed by atoms with E-state index < -0.39 is 0 Å². The van der Waals surface area contributed by atoms with Gasteiger partial charge in [-0.3, -0.25) is 9.67 Å². The van der Waals surface area contributed by atoms with Crippen LogP contribution in [0.5, 0.6) is 0 Å². The first-order chi connectivity index (χ1) is 7.11. The monoisotopic (exact) mass is 222 g/mol. The van der Waals surface area contributed by atoms with Crippen molar-refractivity contribution in [2.45, 2.75) is 13.8 Å². The molecule has 2 rings (SSSR count). The molecule has 0 amide bonds. The van der Waals surface area contributed by atoms with Gasteiger partial charge in [0.15, 0.2) is 5.15 Å². The average molecular weight is 223 g/mol. The quantitative estimate of drug-likeness (QED) is 0.743. The summed E-state index contributed by atoms with van der Waals surface area (Å²) >= 11 is 6.00. The summed E-state index contributed by atoms with van der Waals surface area (Å²) in [7, 11) is 1.90. The molecule has 78 valence electrons. The smallest absolute Gasteiger partial charge is 0.155 e. The van der Waals surface area contributed by atoms with Gasteiger partial charge in [0.25, 0.3) is 0 Å². The van der Waals surface area contributed by atoms with Crippen LogP contribution < -0.4 is 0 Å². The van der Waals surface area contributed by atoms with Crippen molar-refractivity contribution in [2.75, 3.05) is 0 Å². The normalized spacial score (nSPS) is 10.7. The molecule has 0 saturated heterocycles. The fourth-order valence-corrected chi connectivity index (χ4v) is 1.80. The van der Waals surface area contributed by atoms with Crippen LogP contribution in [0.3, 0.4) is 0 Å². The molecule has 0 atom stereocenters. The maximum Gasteiger partial charge on any atom is 0.155 e. The third-order valence-corrected chi connectivity index (χ3v) is 2.68. The van der Waals surface area contributed by atoms with Crippen LogP contribution in [0.4, 0.5) is 0 Å². The summed E-state index contributed by atoms with van der Waals surface area (Å²) in [6.45, 7) is 3.92. The lowest BCUT2D eigenvalue weighted by Crippen LogP contribution is -1.93. The third kappa shape index (κ3) is 1.61. The molecule has 0 aliphatic heterocycles. The molecule has 4 nitrogen and oxygen atoms in total. The van der Waals surface area contributed by atoms with Gasteiger partial charge in [-0.15, -0.1) is 0 Å². The van der Waals surface area contributed by atoms with E-state index in [1.807, 2.05) is 25.6 Å². The zero-order valence-corrected chi connectivity index (χ0v) is 9.58. The molecule has 0 aliphatic rings. The number of nitrogens with zero attached hydrogens (tertiary/aromatic N) is 4. The largest absolute Gasteiger partial charge is 0.272 e. The molecule has 0 fully saturated rings. The molecule has 0 radical (unpaired) electrons. The first-order valence-electron chi connectivity index (χ1n) is 4.58. The lowest BCUT2D eigenvalue weighted by molar-refractivity contribution is 0.731. The van der Waals surface area contributed by atoms with Crippen molar-refractivity contribution in [3.8, 4) is 11.3 Å². The highest BCUT2D eigenvalue weighted by atomic mass is 35.5. The van der Waals surface area contributed by atoms with E-state index in [2.05, 4.69) is 15.1 Å². The third-order valence-electron chi connectivity index (χ3n) is 2.40. The summed E-state index contributed by atoms with van der Waals surface area (Å²) in [5.41, 5.74) is 3.62. The summed E-state index contributed by atoms with van der Waals surface area (Å²) in [4.78, 5) is 8.25. The SMILES string of the molecule is Cc1nn(C)c(C)c1-c1nccnc1Cl. The molecule has 5 heteroatoms. The maximum absolute atomic E-state index is 6.00. The van der Waals surface area contributed by atoms with Gasteiger partial charge in [-0.1, -0.05) is 11.6 Å². The molecule has 0 aromatic carbocycles. The number of hydrogen-bond acceptors (Lipinski definition) is 3. The van der Waals surface area contributed by atoms with Crippen LogP contribution in [0.2, 0.25) is 5.15 Å². The van der Waals surface area contributed by atoms with Crippen molar-refractivity contribution < 1.29 is 0 Å². The van der Waals surface area contributed by atoms with Gasteiger partial charge in [0.1, 0.15) is 5.69 Å². The summed E-state index contributed by atoms with van der Waals surface area (Å²) in [6.07, 6.45) is 3.21. The molecule has 2 aromatic heterocycles. The van der Waals surface area contributed by atoms with E-state index in [9.17, 15) is 0 Å². The van der Waals surface area contributed by atoms with Crippen molar-refractivity contribution in [2.24, 2.45) is 7.05 Å². The maximum atomic E-state index is 6.00. The van der Waals surface area contributed by atoms with Crippen LogP contribution in [0.1, 0.15) is 11.4 Å². The molecule has 0 spiro atoms. The molecule has 0 N–H and O–H groups in total. The van der Waals surface area contributed by atoms with Crippen molar-refractivity contribution in [1.29, 1.82) is 0 Å². The Bertz CT molecular complexity index is 504. The number of halogens is 1. The fraction of sp³-hybridized carbons (Fsp3) is 0.300. The Labute approximate surface area is 92.9 Å². The van der Waals surface area contributed by atoms with E-state index in [1.165, 1.54) is 0 Å². The van der Waals surface area contributed by atoms with Gasteiger partial charge in [-0.25, -0.2) is 4.98 Å². The molecular weight excluding hydrogens is 212 g/mol. The molecule has 15 heavy (non-hydrogen) atoms. The highest BCUT2D eigenvalue weighted by Crippen LogP contribution is 2.28. The highest BCUT2D eigenvalue weighted by Gasteiger charge is 2.15. The van der Waals surface area contributed by atoms with Crippen LogP contribution in [0.15, 0.2) is 12.4 Å². The number of rotatable bonds is 1. The number of aromatic nitrogens is 4. The molecule has 0 bridgehead atoms. The van der Waals surface area contributed by atoms with Gasteiger partial charge >= 0.3 is 0 Å².